The van der Waals surface area contributed by atoms with Crippen molar-refractivity contribution in [2.24, 2.45) is 0 Å². The normalized spacial score (nSPS) is 16.0. The van der Waals surface area contributed by atoms with Crippen LogP contribution in [0.3, 0.4) is 0 Å². The first-order valence-corrected chi connectivity index (χ1v) is 10.6. The Kier molecular flexibility index (Phi) is 4.72. The monoisotopic (exact) mass is 396 g/mol. The van der Waals surface area contributed by atoms with Gasteiger partial charge in [0.15, 0.2) is 20.4 Å². The van der Waals surface area contributed by atoms with Crippen molar-refractivity contribution in [2.45, 2.75) is 35.3 Å². The van der Waals surface area contributed by atoms with Crippen LogP contribution in [0.1, 0.15) is 25.7 Å². The molecule has 1 aliphatic rings. The van der Waals surface area contributed by atoms with Crippen LogP contribution in [0.5, 0.6) is 0 Å². The molecule has 1 amide bonds. The topological polar surface area (TPSA) is 93.9 Å². The second-order valence-corrected chi connectivity index (χ2v) is 9.09. The average Bonchev–Trinajstić information content (AvgIpc) is 3.42. The zero-order valence-electron chi connectivity index (χ0n) is 15.2. The number of aromatic nitrogens is 3. The number of nitrogens with one attached hydrogen (secondary N) is 1. The molecule has 2 aromatic heterocycles. The zero-order chi connectivity index (χ0) is 19.6. The van der Waals surface area contributed by atoms with Crippen LogP contribution < -0.4 is 5.32 Å². The smallest absolute Gasteiger partial charge is 0.246 e. The lowest BCUT2D eigenvalue weighted by molar-refractivity contribution is -0.118. The highest BCUT2D eigenvalue weighted by atomic mass is 32.2. The Hall–Kier alpha value is -3.00. The molecule has 144 valence electrons. The van der Waals surface area contributed by atoms with Crippen LogP contribution in [-0.4, -0.2) is 33.8 Å². The van der Waals surface area contributed by atoms with Crippen LogP contribution in [0.25, 0.3) is 5.82 Å². The molecule has 7 nitrogen and oxygen atoms in total. The number of rotatable bonds is 5. The van der Waals surface area contributed by atoms with Gasteiger partial charge in [-0.15, -0.1) is 0 Å². The van der Waals surface area contributed by atoms with Gasteiger partial charge in [0.2, 0.25) is 5.91 Å². The first-order chi connectivity index (χ1) is 13.5. The van der Waals surface area contributed by atoms with Gasteiger partial charge in [0.05, 0.1) is 16.8 Å². The molecule has 0 bridgehead atoms. The molecule has 1 saturated carbocycles. The average molecular weight is 396 g/mol. The maximum absolute atomic E-state index is 13.3. The Balaban J connectivity index is 1.61. The second kappa shape index (κ2) is 7.20. The molecule has 2 heterocycles. The van der Waals surface area contributed by atoms with Crippen molar-refractivity contribution in [3.05, 3.63) is 67.1 Å². The van der Waals surface area contributed by atoms with Crippen molar-refractivity contribution in [2.75, 3.05) is 5.32 Å². The van der Waals surface area contributed by atoms with E-state index in [0.717, 1.165) is 0 Å². The van der Waals surface area contributed by atoms with Crippen LogP contribution in [0.4, 0.5) is 5.69 Å². The minimum atomic E-state index is -3.81. The lowest BCUT2D eigenvalue weighted by atomic mass is 10.1. The molecule has 0 unspecified atom stereocenters. The highest BCUT2D eigenvalue weighted by Crippen LogP contribution is 2.41. The van der Waals surface area contributed by atoms with Crippen molar-refractivity contribution in [1.82, 2.24) is 14.8 Å². The van der Waals surface area contributed by atoms with Gasteiger partial charge in [-0.1, -0.05) is 31.0 Å². The number of pyridine rings is 1. The Morgan fingerprint density at radius 1 is 1.04 bits per heavy atom. The van der Waals surface area contributed by atoms with E-state index >= 15 is 0 Å². The number of hydrogen-bond acceptors (Lipinski definition) is 5. The number of amides is 1. The van der Waals surface area contributed by atoms with Gasteiger partial charge in [0.1, 0.15) is 0 Å². The summed E-state index contributed by atoms with van der Waals surface area (Å²) in [5, 5.41) is 6.87. The minimum Gasteiger partial charge on any atom is -0.323 e. The summed E-state index contributed by atoms with van der Waals surface area (Å²) in [5.41, 5.74) is 0.454. The molecule has 28 heavy (non-hydrogen) atoms. The van der Waals surface area contributed by atoms with E-state index in [4.69, 9.17) is 0 Å². The largest absolute Gasteiger partial charge is 0.323 e. The summed E-state index contributed by atoms with van der Waals surface area (Å²) < 4.78 is 26.8. The predicted octanol–water partition coefficient (Wildman–Crippen LogP) is 2.99. The number of anilines is 1. The lowest BCUT2D eigenvalue weighted by Crippen LogP contribution is -2.47. The summed E-state index contributed by atoms with van der Waals surface area (Å²) in [6, 6.07) is 13.4. The van der Waals surface area contributed by atoms with E-state index in [1.165, 1.54) is 6.20 Å². The van der Waals surface area contributed by atoms with Crippen molar-refractivity contribution in [3.8, 4) is 5.82 Å². The van der Waals surface area contributed by atoms with Gasteiger partial charge in [0.25, 0.3) is 0 Å². The Morgan fingerprint density at radius 2 is 1.79 bits per heavy atom. The van der Waals surface area contributed by atoms with Crippen LogP contribution in [0.15, 0.2) is 72.0 Å². The number of carbonyl (C=O) groups is 1. The predicted molar refractivity (Wildman–Crippen MR) is 105 cm³/mol. The molecule has 8 heteroatoms. The summed E-state index contributed by atoms with van der Waals surface area (Å²) in [5.74, 6) is 0.109. The molecule has 1 fully saturated rings. The SMILES string of the molecule is O=C(Nc1ccc(-n2cccn2)nc1)C1(S(=O)(=O)c2ccccc2)CCCC1. The second-order valence-electron chi connectivity index (χ2n) is 6.83. The maximum Gasteiger partial charge on any atom is 0.246 e. The van der Waals surface area contributed by atoms with Gasteiger partial charge in [-0.05, 0) is 43.2 Å². The number of sulfone groups is 1. The third-order valence-electron chi connectivity index (χ3n) is 5.14. The van der Waals surface area contributed by atoms with Crippen LogP contribution in [-0.2, 0) is 14.6 Å². The Labute approximate surface area is 163 Å². The molecule has 1 N–H and O–H groups in total. The van der Waals surface area contributed by atoms with Gasteiger partial charge in [-0.3, -0.25) is 4.79 Å². The molecule has 1 aliphatic carbocycles. The highest BCUT2D eigenvalue weighted by molar-refractivity contribution is 7.93. The van der Waals surface area contributed by atoms with E-state index in [2.05, 4.69) is 15.4 Å². The van der Waals surface area contributed by atoms with E-state index in [-0.39, 0.29) is 4.90 Å². The molecule has 3 aromatic rings. The van der Waals surface area contributed by atoms with Gasteiger partial charge >= 0.3 is 0 Å². The molecular formula is C20H20N4O3S. The van der Waals surface area contributed by atoms with Crippen LogP contribution in [0.2, 0.25) is 0 Å². The maximum atomic E-state index is 13.3. The Bertz CT molecular complexity index is 1060. The molecule has 0 atom stereocenters. The van der Waals surface area contributed by atoms with Crippen molar-refractivity contribution in [1.29, 1.82) is 0 Å². The molecule has 0 saturated heterocycles. The molecule has 0 spiro atoms. The molecule has 1 aromatic carbocycles. The zero-order valence-corrected chi connectivity index (χ0v) is 16.0. The number of carbonyl (C=O) groups excluding carboxylic acids is 1. The summed E-state index contributed by atoms with van der Waals surface area (Å²) in [7, 11) is -3.81. The number of hydrogen-bond donors (Lipinski definition) is 1. The van der Waals surface area contributed by atoms with Crippen LogP contribution >= 0.6 is 0 Å². The summed E-state index contributed by atoms with van der Waals surface area (Å²) >= 11 is 0. The van der Waals surface area contributed by atoms with E-state index in [9.17, 15) is 13.2 Å². The third-order valence-corrected chi connectivity index (χ3v) is 7.65. The van der Waals surface area contributed by atoms with E-state index in [1.807, 2.05) is 0 Å². The Morgan fingerprint density at radius 3 is 2.39 bits per heavy atom. The quantitative estimate of drug-likeness (QED) is 0.715. The van der Waals surface area contributed by atoms with E-state index < -0.39 is 20.5 Å². The number of nitrogens with zero attached hydrogens (tertiary/aromatic N) is 3. The molecule has 4 rings (SSSR count). The van der Waals surface area contributed by atoms with E-state index in [1.54, 1.807) is 65.6 Å². The summed E-state index contributed by atoms with van der Waals surface area (Å²) in [6.45, 7) is 0. The summed E-state index contributed by atoms with van der Waals surface area (Å²) in [6.07, 6.45) is 6.96. The van der Waals surface area contributed by atoms with Crippen molar-refractivity contribution >= 4 is 21.4 Å². The first-order valence-electron chi connectivity index (χ1n) is 9.10. The molecule has 0 radical (unpaired) electrons. The minimum absolute atomic E-state index is 0.180. The lowest BCUT2D eigenvalue weighted by Gasteiger charge is -2.27. The van der Waals surface area contributed by atoms with Gasteiger partial charge in [0, 0.05) is 12.4 Å². The van der Waals surface area contributed by atoms with Crippen molar-refractivity contribution in [3.63, 3.8) is 0 Å². The summed E-state index contributed by atoms with van der Waals surface area (Å²) in [4.78, 5) is 17.6. The van der Waals surface area contributed by atoms with Crippen molar-refractivity contribution < 1.29 is 13.2 Å². The fourth-order valence-corrected chi connectivity index (χ4v) is 5.72. The fourth-order valence-electron chi connectivity index (χ4n) is 3.63. The standard InChI is InChI=1S/C20H20N4O3S/c25-19(23-16-9-10-18(21-15-16)24-14-6-13-22-24)20(11-4-5-12-20)28(26,27)17-7-2-1-3-8-17/h1-3,6-10,13-15H,4-5,11-12H2,(H,23,25). The van der Waals surface area contributed by atoms with Gasteiger partial charge < -0.3 is 5.32 Å². The number of benzene rings is 1. The van der Waals surface area contributed by atoms with Gasteiger partial charge in [-0.25, -0.2) is 18.1 Å². The van der Waals surface area contributed by atoms with E-state index in [0.29, 0.717) is 37.2 Å². The van der Waals surface area contributed by atoms with Gasteiger partial charge in [-0.2, -0.15) is 5.10 Å². The third kappa shape index (κ3) is 3.09. The molecule has 0 aliphatic heterocycles. The van der Waals surface area contributed by atoms with Crippen LogP contribution in [0, 0.1) is 0 Å². The fraction of sp³-hybridized carbons (Fsp3) is 0.250. The highest BCUT2D eigenvalue weighted by Gasteiger charge is 2.52. The first kappa shape index (κ1) is 18.4. The molecular weight excluding hydrogens is 376 g/mol.